The number of carbonyl (C=O) groups is 19. The summed E-state index contributed by atoms with van der Waals surface area (Å²) in [4.78, 5) is 241. The molecule has 0 bridgehead atoms. The zero-order valence-corrected chi connectivity index (χ0v) is 88.6. The lowest BCUT2D eigenvalue weighted by atomic mass is 9.84. The van der Waals surface area contributed by atoms with Gasteiger partial charge < -0.3 is 148 Å². The third-order valence-electron chi connectivity index (χ3n) is 22.8. The smallest absolute Gasteiger partial charge is 0.303 e. The molecule has 10 amide bonds. The molecule has 49 nitrogen and oxygen atoms in total. The molecule has 1 aliphatic carbocycles. The number of carbonyl (C=O) groups excluding carboxylic acids is 19. The lowest BCUT2D eigenvalue weighted by Crippen LogP contribution is -2.66. The van der Waals surface area contributed by atoms with Gasteiger partial charge in [0.25, 0.3) is 8.53 Å². The molecule has 0 radical (unpaired) electrons. The number of hydrogen-bond donors (Lipinski definition) is 10. The first-order valence-electron chi connectivity index (χ1n) is 50.2. The highest BCUT2D eigenvalue weighted by Crippen LogP contribution is 2.49. The molecule has 10 N–H and O–H groups in total. The van der Waals surface area contributed by atoms with Gasteiger partial charge in [0.15, 0.2) is 43.3 Å². The van der Waals surface area contributed by atoms with Crippen LogP contribution in [0.3, 0.4) is 0 Å². The van der Waals surface area contributed by atoms with Crippen LogP contribution in [0.4, 0.5) is 0 Å². The quantitative estimate of drug-likeness (QED) is 0.0137. The SMILES string of the molecule is C#CCCOP(OC1CCC(C(=O)NC(COCCC(=O)NCCCNC(=O)CCCCOC2OC(COC(C)=O)C(CC(C)=O)C(OC(C)=O)C2NC(C)=O)(COCCC(=O)NCCCNC(=O)CCCCOC2OC(COC(C)=O)C(OC(C)=O)C(OC(C)=O)C2NC(C)=O)COCCC(=O)NCCCNC(=O)CCCCOC2OC(COC(C)=O)C(OC(C)=O)C(OC(C)=O)C2NC(C)=O)CC1)N(C(C)C)C(C)C. The van der Waals surface area contributed by atoms with E-state index in [1.54, 1.807) is 0 Å². The minimum atomic E-state index is -1.55. The third-order valence-corrected chi connectivity index (χ3v) is 25.0. The molecule has 0 spiro atoms. The van der Waals surface area contributed by atoms with Crippen LogP contribution in [0.2, 0.25) is 0 Å². The van der Waals surface area contributed by atoms with Crippen molar-refractivity contribution in [2.45, 2.75) is 355 Å². The van der Waals surface area contributed by atoms with E-state index in [4.69, 9.17) is 96.0 Å². The number of ether oxygens (including phenoxy) is 17. The number of esters is 8. The minimum Gasteiger partial charge on any atom is -0.463 e. The van der Waals surface area contributed by atoms with Gasteiger partial charge in [-0.1, -0.05) is 0 Å². The van der Waals surface area contributed by atoms with Gasteiger partial charge in [-0.3, -0.25) is 86.3 Å². The van der Waals surface area contributed by atoms with Crippen molar-refractivity contribution in [2.75, 3.05) is 125 Å². The van der Waals surface area contributed by atoms with E-state index in [9.17, 15) is 91.1 Å². The molecule has 147 heavy (non-hydrogen) atoms. The molecular formula is C97H158N11O38P. The number of rotatable bonds is 71. The maximum absolute atomic E-state index is 14.9. The summed E-state index contributed by atoms with van der Waals surface area (Å²) in [7, 11) is -1.55. The molecule has 16 unspecified atom stereocenters. The van der Waals surface area contributed by atoms with Gasteiger partial charge in [0.1, 0.15) is 73.7 Å². The highest BCUT2D eigenvalue weighted by Gasteiger charge is 2.55. The fraction of sp³-hybridized carbons (Fsp3) is 0.784. The molecule has 50 heteroatoms. The Kier molecular flexibility index (Phi) is 62.6. The summed E-state index contributed by atoms with van der Waals surface area (Å²) in [5, 5.41) is 28.0. The van der Waals surface area contributed by atoms with Gasteiger partial charge in [-0.25, -0.2) is 4.67 Å². The second kappa shape index (κ2) is 71.3. The Bertz CT molecular complexity index is 3860. The summed E-state index contributed by atoms with van der Waals surface area (Å²) in [6.07, 6.45) is -3.47. The van der Waals surface area contributed by atoms with Crippen molar-refractivity contribution >= 4 is 121 Å². The summed E-state index contributed by atoms with van der Waals surface area (Å²) in [5.41, 5.74) is -1.53. The number of ketones is 1. The highest BCUT2D eigenvalue weighted by molar-refractivity contribution is 7.44. The predicted octanol–water partition coefficient (Wildman–Crippen LogP) is 2.08. The Balaban J connectivity index is 1.44. The number of nitrogens with one attached hydrogen (secondary N) is 10. The Labute approximate surface area is 860 Å². The molecule has 0 aromatic carbocycles. The molecule has 3 saturated heterocycles. The standard InChI is InChI=1S/C97H158N11O38P/c1-18-19-48-137-147(108(59(2)3)60(4)5)146-74-34-32-73(33-35-74)93(127)107-97(56-128-49-36-82(124)101-42-26-39-98-79(121)29-20-23-45-131-94-85(104-62(7)110)88(138-68(13)116)75(52-61(6)109)76(143-94)53-134-65(10)113,57-129-50-37-83(125)102-43-27-40-99-80(122)30-21-24-46-132-95-86(105-63(8)111)91(141-71(16)119)89(139-69(14)117)77(144-95)54-135-66(11)114)58-130-51-38-84(126)103-44-28-41-100-81(123)31-22-25-47-133-96-87(106-64(9)112)92(142-72(17)120)90(140-70(15)118)78(145-96)55-136-67(12)115/h1,59-60,73-78,85-92,94-96H,19-58H2,2-17H3,(H,98,121)(H,99,122)(H,100,123)(H,101,124)(H,102,125)(H,103,126)(H,104,110)(H,105,111)(H,106,112)(H,107,127). The second-order valence-electron chi connectivity index (χ2n) is 36.6. The van der Waals surface area contributed by atoms with E-state index >= 15 is 0 Å². The predicted molar refractivity (Wildman–Crippen MR) is 519 cm³/mol. The van der Waals surface area contributed by atoms with Gasteiger partial charge in [-0.05, 0) is 118 Å². The van der Waals surface area contributed by atoms with Gasteiger partial charge >= 0.3 is 47.8 Å². The zero-order valence-electron chi connectivity index (χ0n) is 87.7. The summed E-state index contributed by atoms with van der Waals surface area (Å²) < 4.78 is 113. The molecule has 0 aromatic heterocycles. The molecule has 0 aromatic rings. The molecule has 1 saturated carbocycles. The number of terminal acetylenes is 1. The zero-order chi connectivity index (χ0) is 109. The van der Waals surface area contributed by atoms with E-state index in [2.05, 4.69) is 63.8 Å². The first-order chi connectivity index (χ1) is 69.8. The minimum absolute atomic E-state index is 0.0171. The average molecular weight is 2120 g/mol. The summed E-state index contributed by atoms with van der Waals surface area (Å²) in [6, 6.07) is -3.29. The van der Waals surface area contributed by atoms with Gasteiger partial charge in [0.2, 0.25) is 59.1 Å². The molecule has 16 atom stereocenters. The number of Topliss-reactive ketones (excluding diaryl/α,β-unsaturated/α-hetero) is 1. The van der Waals surface area contributed by atoms with Gasteiger partial charge in [0, 0.05) is 211 Å². The monoisotopic (exact) mass is 2120 g/mol. The molecule has 3 heterocycles. The molecule has 4 rings (SSSR count). The number of amides is 10. The van der Waals surface area contributed by atoms with Gasteiger partial charge in [-0.2, -0.15) is 0 Å². The Morgan fingerprint density at radius 2 is 0.687 bits per heavy atom. The van der Waals surface area contributed by atoms with Crippen LogP contribution in [0.25, 0.3) is 0 Å². The van der Waals surface area contributed by atoms with E-state index in [-0.39, 0.29) is 204 Å². The largest absolute Gasteiger partial charge is 0.463 e. The molecule has 4 fully saturated rings. The number of hydrogen-bond acceptors (Lipinski definition) is 39. The van der Waals surface area contributed by atoms with E-state index < -0.39 is 208 Å². The lowest BCUT2D eigenvalue weighted by molar-refractivity contribution is -0.277. The van der Waals surface area contributed by atoms with Crippen LogP contribution in [0, 0.1) is 24.2 Å². The first-order valence-corrected chi connectivity index (χ1v) is 51.3. The van der Waals surface area contributed by atoms with Crippen molar-refractivity contribution in [2.24, 2.45) is 11.8 Å². The molecule has 3 aliphatic heterocycles. The van der Waals surface area contributed by atoms with Crippen molar-refractivity contribution in [3.63, 3.8) is 0 Å². The first kappa shape index (κ1) is 129. The van der Waals surface area contributed by atoms with E-state index in [1.807, 2.05) is 27.7 Å². The van der Waals surface area contributed by atoms with Crippen LogP contribution in [0.15, 0.2) is 0 Å². The maximum atomic E-state index is 14.9. The summed E-state index contributed by atoms with van der Waals surface area (Å²) in [6.45, 7) is 21.0. The van der Waals surface area contributed by atoms with E-state index in [1.165, 1.54) is 41.5 Å². The fourth-order valence-corrected chi connectivity index (χ4v) is 18.1. The summed E-state index contributed by atoms with van der Waals surface area (Å²) >= 11 is 0. The normalized spacial score (nSPS) is 22.7. The van der Waals surface area contributed by atoms with Crippen LogP contribution in [-0.2, 0) is 181 Å². The summed E-state index contributed by atoms with van der Waals surface area (Å²) in [5.74, 6) is -8.92. The maximum Gasteiger partial charge on any atom is 0.303 e. The fourth-order valence-electron chi connectivity index (χ4n) is 16.4. The van der Waals surface area contributed by atoms with Gasteiger partial charge in [0.05, 0.1) is 52.4 Å². The molecular weight excluding hydrogens is 1960 g/mol. The Morgan fingerprint density at radius 3 is 1.00 bits per heavy atom. The van der Waals surface area contributed by atoms with Gasteiger partial charge in [-0.15, -0.1) is 12.3 Å². The Hall–Kier alpha value is -10.4. The Morgan fingerprint density at radius 1 is 0.374 bits per heavy atom. The lowest BCUT2D eigenvalue weighted by Gasteiger charge is -2.45. The number of nitrogens with zero attached hydrogens (tertiary/aromatic N) is 1. The average Bonchev–Trinajstić information content (AvgIpc) is 0.791. The highest BCUT2D eigenvalue weighted by atomic mass is 31.2. The van der Waals surface area contributed by atoms with Crippen LogP contribution >= 0.6 is 8.53 Å². The van der Waals surface area contributed by atoms with Crippen molar-refractivity contribution in [1.82, 2.24) is 57.8 Å². The van der Waals surface area contributed by atoms with Crippen molar-refractivity contribution in [3.8, 4) is 12.3 Å². The van der Waals surface area contributed by atoms with Crippen molar-refractivity contribution in [1.29, 1.82) is 0 Å². The van der Waals surface area contributed by atoms with Crippen LogP contribution < -0.4 is 53.2 Å². The van der Waals surface area contributed by atoms with Crippen LogP contribution in [-0.4, -0.2) is 352 Å². The third kappa shape index (κ3) is 53.6. The second-order valence-corrected chi connectivity index (χ2v) is 38.1. The number of unbranched alkanes of at least 4 members (excludes halogenated alkanes) is 3. The topological polar surface area (TPSA) is 623 Å². The van der Waals surface area contributed by atoms with E-state index in [0.29, 0.717) is 89.9 Å². The molecule has 834 valence electrons. The van der Waals surface area contributed by atoms with Crippen LogP contribution in [0.5, 0.6) is 0 Å². The van der Waals surface area contributed by atoms with Crippen molar-refractivity contribution in [3.05, 3.63) is 0 Å². The van der Waals surface area contributed by atoms with E-state index in [0.717, 1.165) is 41.5 Å². The molecule has 4 aliphatic rings. The van der Waals surface area contributed by atoms with Crippen LogP contribution in [0.1, 0.15) is 246 Å². The van der Waals surface area contributed by atoms with Crippen molar-refractivity contribution < 1.29 is 181 Å².